The van der Waals surface area contributed by atoms with Crippen LogP contribution in [0, 0.1) is 6.92 Å². The Bertz CT molecular complexity index is 851. The molecule has 6 nitrogen and oxygen atoms in total. The van der Waals surface area contributed by atoms with Crippen LogP contribution in [0.2, 0.25) is 10.0 Å². The van der Waals surface area contributed by atoms with Gasteiger partial charge in [-0.25, -0.2) is 4.79 Å². The molecule has 0 aromatic heterocycles. The van der Waals surface area contributed by atoms with Crippen LogP contribution in [-0.2, 0) is 9.53 Å². The Morgan fingerprint density at radius 2 is 1.70 bits per heavy atom. The number of carbonyl (C=O) groups excluding carboxylic acids is 1. The number of likely N-dealkylation sites (N-methyl/N-ethyl adjacent to an activating group) is 1. The third kappa shape index (κ3) is 8.22. The Labute approximate surface area is 187 Å². The van der Waals surface area contributed by atoms with Gasteiger partial charge in [-0.1, -0.05) is 55.2 Å². The van der Waals surface area contributed by atoms with Gasteiger partial charge in [0.25, 0.3) is 5.97 Å². The lowest BCUT2D eigenvalue weighted by Crippen LogP contribution is -2.28. The maximum Gasteiger partial charge on any atom is 0.340 e. The van der Waals surface area contributed by atoms with Crippen LogP contribution in [0.3, 0.4) is 0 Å². The molecule has 0 atom stereocenters. The lowest BCUT2D eigenvalue weighted by atomic mass is 10.1. The quantitative estimate of drug-likeness (QED) is 0.502. The topological polar surface area (TPSA) is 78.9 Å². The highest BCUT2D eigenvalue weighted by atomic mass is 35.5. The molecule has 0 radical (unpaired) electrons. The predicted molar refractivity (Wildman–Crippen MR) is 122 cm³/mol. The number of nitrogens with zero attached hydrogens (tertiary/aromatic N) is 1. The largest absolute Gasteiger partial charge is 0.481 e. The van der Waals surface area contributed by atoms with Crippen molar-refractivity contribution in [3.8, 4) is 0 Å². The third-order valence-electron chi connectivity index (χ3n) is 4.23. The molecule has 2 N–H and O–H groups in total. The van der Waals surface area contributed by atoms with Crippen LogP contribution in [0.4, 0.5) is 11.4 Å². The summed E-state index contributed by atoms with van der Waals surface area (Å²) in [6, 6.07) is 10.8. The molecular formula is C22H28Cl2N2O4. The number of carboxylic acid groups (broad SMARTS) is 1. The van der Waals surface area contributed by atoms with Gasteiger partial charge in [0.15, 0.2) is 0 Å². The van der Waals surface area contributed by atoms with Crippen LogP contribution in [0.5, 0.6) is 0 Å². The van der Waals surface area contributed by atoms with Gasteiger partial charge in [-0.15, -0.1) is 0 Å². The molecular weight excluding hydrogens is 427 g/mol. The summed E-state index contributed by atoms with van der Waals surface area (Å²) in [5, 5.41) is 11.6. The van der Waals surface area contributed by atoms with Crippen molar-refractivity contribution in [2.24, 2.45) is 0 Å². The van der Waals surface area contributed by atoms with Gasteiger partial charge < -0.3 is 20.1 Å². The van der Waals surface area contributed by atoms with Crippen LogP contribution in [0.25, 0.3) is 0 Å². The van der Waals surface area contributed by atoms with Crippen molar-refractivity contribution in [3.05, 3.63) is 57.6 Å². The molecule has 8 heteroatoms. The molecule has 0 saturated heterocycles. The standard InChI is InChI=1S/C20H24Cl2N2O2.C2H4O2/c1-4-24(5-2)12-13-26-20(25)15-8-6-7-9-17(15)23-19-16(21)11-10-14(3)18(19)22;1-2(3)4/h6-11,23H,4-5,12-13H2,1-3H3;1H3,(H,3,4). The second kappa shape index (κ2) is 13.1. The Morgan fingerprint density at radius 1 is 1.10 bits per heavy atom. The Kier molecular flexibility index (Phi) is 11.3. The SMILES string of the molecule is CC(=O)O.CCN(CC)CCOC(=O)c1ccccc1Nc1c(Cl)ccc(C)c1Cl. The maximum atomic E-state index is 12.5. The summed E-state index contributed by atoms with van der Waals surface area (Å²) in [5.74, 6) is -1.21. The second-order valence-electron chi connectivity index (χ2n) is 6.41. The number of aryl methyl sites for hydroxylation is 1. The van der Waals surface area contributed by atoms with Gasteiger partial charge in [0.05, 0.1) is 27.0 Å². The monoisotopic (exact) mass is 454 g/mol. The van der Waals surface area contributed by atoms with Gasteiger partial charge in [-0.05, 0) is 43.8 Å². The minimum absolute atomic E-state index is 0.348. The maximum absolute atomic E-state index is 12.5. The fourth-order valence-electron chi connectivity index (χ4n) is 2.56. The summed E-state index contributed by atoms with van der Waals surface area (Å²) < 4.78 is 5.44. The van der Waals surface area contributed by atoms with E-state index in [1.54, 1.807) is 24.3 Å². The molecule has 0 saturated carbocycles. The first-order chi connectivity index (χ1) is 14.2. The van der Waals surface area contributed by atoms with E-state index >= 15 is 0 Å². The molecule has 0 aliphatic carbocycles. The molecule has 0 amide bonds. The molecule has 0 spiro atoms. The number of benzene rings is 2. The highest BCUT2D eigenvalue weighted by Gasteiger charge is 2.16. The first kappa shape index (κ1) is 25.8. The smallest absolute Gasteiger partial charge is 0.340 e. The number of rotatable bonds is 8. The molecule has 164 valence electrons. The van der Waals surface area contributed by atoms with E-state index in [1.165, 1.54) is 0 Å². The number of ether oxygens (including phenoxy) is 1. The average molecular weight is 455 g/mol. The number of anilines is 2. The van der Waals surface area contributed by atoms with Crippen molar-refractivity contribution in [1.29, 1.82) is 0 Å². The number of carboxylic acids is 1. The van der Waals surface area contributed by atoms with Crippen molar-refractivity contribution >= 4 is 46.5 Å². The number of aliphatic carboxylic acids is 1. The van der Waals surface area contributed by atoms with Crippen molar-refractivity contribution < 1.29 is 19.4 Å². The highest BCUT2D eigenvalue weighted by Crippen LogP contribution is 2.36. The first-order valence-corrected chi connectivity index (χ1v) is 10.4. The molecule has 2 rings (SSSR count). The summed E-state index contributed by atoms with van der Waals surface area (Å²) in [4.78, 5) is 23.7. The Balaban J connectivity index is 0.00000103. The van der Waals surface area contributed by atoms with E-state index in [0.717, 1.165) is 25.6 Å². The zero-order valence-corrected chi connectivity index (χ0v) is 19.2. The van der Waals surface area contributed by atoms with Gasteiger partial charge >= 0.3 is 5.97 Å². The Hall–Kier alpha value is -2.28. The van der Waals surface area contributed by atoms with E-state index in [9.17, 15) is 4.79 Å². The van der Waals surface area contributed by atoms with E-state index in [2.05, 4.69) is 24.1 Å². The summed E-state index contributed by atoms with van der Waals surface area (Å²) in [6.45, 7) is 10.1. The van der Waals surface area contributed by atoms with E-state index in [1.807, 2.05) is 19.1 Å². The fourth-order valence-corrected chi connectivity index (χ4v) is 3.03. The van der Waals surface area contributed by atoms with E-state index < -0.39 is 5.97 Å². The van der Waals surface area contributed by atoms with Gasteiger partial charge in [0.1, 0.15) is 6.61 Å². The number of para-hydroxylation sites is 1. The van der Waals surface area contributed by atoms with Crippen molar-refractivity contribution in [2.45, 2.75) is 27.7 Å². The molecule has 2 aromatic carbocycles. The minimum atomic E-state index is -0.833. The van der Waals surface area contributed by atoms with Crippen LogP contribution in [-0.4, -0.2) is 48.2 Å². The lowest BCUT2D eigenvalue weighted by molar-refractivity contribution is -0.134. The summed E-state index contributed by atoms with van der Waals surface area (Å²) >= 11 is 12.6. The van der Waals surface area contributed by atoms with Gasteiger partial charge in [-0.2, -0.15) is 0 Å². The summed E-state index contributed by atoms with van der Waals surface area (Å²) in [5.41, 5.74) is 2.53. The normalized spacial score (nSPS) is 10.2. The van der Waals surface area contributed by atoms with Gasteiger partial charge in [-0.3, -0.25) is 4.79 Å². The zero-order chi connectivity index (χ0) is 22.7. The van der Waals surface area contributed by atoms with Crippen LogP contribution < -0.4 is 5.32 Å². The predicted octanol–water partition coefficient (Wildman–Crippen LogP) is 5.63. The molecule has 0 unspecified atom stereocenters. The molecule has 0 bridgehead atoms. The van der Waals surface area contributed by atoms with Gasteiger partial charge in [0, 0.05) is 13.5 Å². The van der Waals surface area contributed by atoms with Crippen molar-refractivity contribution in [3.63, 3.8) is 0 Å². The van der Waals surface area contributed by atoms with E-state index in [4.69, 9.17) is 37.8 Å². The lowest BCUT2D eigenvalue weighted by Gasteiger charge is -2.18. The molecule has 2 aromatic rings. The third-order valence-corrected chi connectivity index (χ3v) is 5.03. The van der Waals surface area contributed by atoms with E-state index in [-0.39, 0.29) is 5.97 Å². The van der Waals surface area contributed by atoms with Crippen LogP contribution in [0.1, 0.15) is 36.7 Å². The number of esters is 1. The Morgan fingerprint density at radius 3 is 2.30 bits per heavy atom. The number of halogens is 2. The fraction of sp³-hybridized carbons (Fsp3) is 0.364. The highest BCUT2D eigenvalue weighted by molar-refractivity contribution is 6.39. The number of hydrogen-bond donors (Lipinski definition) is 2. The molecule has 0 fully saturated rings. The minimum Gasteiger partial charge on any atom is -0.481 e. The number of carbonyl (C=O) groups is 2. The molecule has 0 heterocycles. The van der Waals surface area contributed by atoms with Crippen LogP contribution in [0.15, 0.2) is 36.4 Å². The zero-order valence-electron chi connectivity index (χ0n) is 17.7. The summed E-state index contributed by atoms with van der Waals surface area (Å²) in [6.07, 6.45) is 0. The van der Waals surface area contributed by atoms with Gasteiger partial charge in [0.2, 0.25) is 0 Å². The molecule has 30 heavy (non-hydrogen) atoms. The molecule has 0 aliphatic rings. The molecule has 0 aliphatic heterocycles. The van der Waals surface area contributed by atoms with Crippen LogP contribution >= 0.6 is 23.2 Å². The van der Waals surface area contributed by atoms with Crippen molar-refractivity contribution in [2.75, 3.05) is 31.6 Å². The number of nitrogens with one attached hydrogen (secondary N) is 1. The average Bonchev–Trinajstić information content (AvgIpc) is 2.71. The first-order valence-electron chi connectivity index (χ1n) is 9.60. The summed E-state index contributed by atoms with van der Waals surface area (Å²) in [7, 11) is 0. The number of hydrogen-bond acceptors (Lipinski definition) is 5. The second-order valence-corrected chi connectivity index (χ2v) is 7.19. The van der Waals surface area contributed by atoms with Crippen molar-refractivity contribution in [1.82, 2.24) is 4.90 Å². The van der Waals surface area contributed by atoms with E-state index in [0.29, 0.717) is 40.1 Å².